The third-order valence-electron chi connectivity index (χ3n) is 4.29. The first-order valence-corrected chi connectivity index (χ1v) is 8.97. The maximum Gasteiger partial charge on any atom is 0.258 e. The van der Waals surface area contributed by atoms with Crippen molar-refractivity contribution in [2.75, 3.05) is 19.8 Å². The van der Waals surface area contributed by atoms with E-state index in [2.05, 4.69) is 39.1 Å². The molecule has 0 heterocycles. The molecule has 1 N–H and O–H groups in total. The zero-order chi connectivity index (χ0) is 19.2. The molecule has 4 nitrogen and oxygen atoms in total. The van der Waals surface area contributed by atoms with Crippen LogP contribution in [0.1, 0.15) is 37.5 Å². The molecule has 4 heteroatoms. The molecule has 0 saturated heterocycles. The molecule has 0 unspecified atom stereocenters. The number of hydrogen-bond acceptors (Lipinski definition) is 3. The largest absolute Gasteiger partial charge is 0.491 e. The number of rotatable bonds is 7. The number of hydrogen-bond donors (Lipinski definition) is 1. The number of ether oxygens (including phenoxy) is 2. The van der Waals surface area contributed by atoms with Crippen LogP contribution >= 0.6 is 0 Å². The number of carbonyl (C=O) groups is 1. The van der Waals surface area contributed by atoms with Crippen molar-refractivity contribution < 1.29 is 14.3 Å². The quantitative estimate of drug-likeness (QED) is 0.758. The monoisotopic (exact) mass is 355 g/mol. The summed E-state index contributed by atoms with van der Waals surface area (Å²) in [6.45, 7) is 11.3. The van der Waals surface area contributed by atoms with Crippen LogP contribution in [0.15, 0.2) is 42.5 Å². The van der Waals surface area contributed by atoms with Crippen LogP contribution in [-0.4, -0.2) is 25.7 Å². The maximum absolute atomic E-state index is 12.0. The van der Waals surface area contributed by atoms with Gasteiger partial charge in [-0.15, -0.1) is 0 Å². The number of para-hydroxylation sites is 1. The first-order valence-electron chi connectivity index (χ1n) is 8.97. The molecule has 1 amide bonds. The zero-order valence-electron chi connectivity index (χ0n) is 16.4. The fourth-order valence-electron chi connectivity index (χ4n) is 2.64. The van der Waals surface area contributed by atoms with E-state index in [0.717, 1.165) is 22.6 Å². The Labute approximate surface area is 156 Å². The van der Waals surface area contributed by atoms with E-state index in [4.69, 9.17) is 9.47 Å². The molecular weight excluding hydrogens is 326 g/mol. The minimum atomic E-state index is -0.154. The van der Waals surface area contributed by atoms with Gasteiger partial charge in [-0.1, -0.05) is 51.1 Å². The Morgan fingerprint density at radius 3 is 2.38 bits per heavy atom. The van der Waals surface area contributed by atoms with E-state index >= 15 is 0 Å². The second kappa shape index (κ2) is 8.75. The van der Waals surface area contributed by atoms with Gasteiger partial charge in [-0.3, -0.25) is 4.79 Å². The van der Waals surface area contributed by atoms with Gasteiger partial charge in [0.1, 0.15) is 18.1 Å². The van der Waals surface area contributed by atoms with Crippen molar-refractivity contribution in [2.45, 2.75) is 40.0 Å². The van der Waals surface area contributed by atoms with Gasteiger partial charge in [-0.05, 0) is 48.1 Å². The predicted molar refractivity (Wildman–Crippen MR) is 105 cm³/mol. The van der Waals surface area contributed by atoms with Gasteiger partial charge < -0.3 is 14.8 Å². The van der Waals surface area contributed by atoms with E-state index < -0.39 is 0 Å². The molecule has 0 saturated carbocycles. The number of benzene rings is 2. The molecule has 0 atom stereocenters. The highest BCUT2D eigenvalue weighted by molar-refractivity contribution is 5.77. The van der Waals surface area contributed by atoms with Crippen LogP contribution in [-0.2, 0) is 10.2 Å². The lowest BCUT2D eigenvalue weighted by Crippen LogP contribution is -2.32. The normalized spacial score (nSPS) is 11.1. The van der Waals surface area contributed by atoms with Crippen LogP contribution in [0.3, 0.4) is 0 Å². The Hall–Kier alpha value is -2.49. The Morgan fingerprint density at radius 2 is 1.65 bits per heavy atom. The van der Waals surface area contributed by atoms with Crippen molar-refractivity contribution in [2.24, 2.45) is 0 Å². The van der Waals surface area contributed by atoms with Crippen LogP contribution in [0.4, 0.5) is 0 Å². The van der Waals surface area contributed by atoms with Crippen molar-refractivity contribution in [3.8, 4) is 11.5 Å². The van der Waals surface area contributed by atoms with Gasteiger partial charge in [0, 0.05) is 0 Å². The van der Waals surface area contributed by atoms with E-state index in [1.54, 1.807) is 0 Å². The highest BCUT2D eigenvalue weighted by Crippen LogP contribution is 2.30. The fraction of sp³-hybridized carbons (Fsp3) is 0.409. The van der Waals surface area contributed by atoms with Crippen molar-refractivity contribution in [1.82, 2.24) is 5.32 Å². The number of carbonyl (C=O) groups excluding carboxylic acids is 1. The van der Waals surface area contributed by atoms with Gasteiger partial charge >= 0.3 is 0 Å². The second-order valence-corrected chi connectivity index (χ2v) is 7.43. The summed E-state index contributed by atoms with van der Waals surface area (Å²) in [5, 5.41) is 2.83. The summed E-state index contributed by atoms with van der Waals surface area (Å²) < 4.78 is 11.5. The standard InChI is InChI=1S/C22H29NO3/c1-16-9-8-12-19(17(16)2)25-14-13-23-21(24)15-26-20-11-7-6-10-18(20)22(3,4)5/h6-12H,13-15H2,1-5H3,(H,23,24). The van der Waals surface area contributed by atoms with Gasteiger partial charge in [0.15, 0.2) is 6.61 Å². The van der Waals surface area contributed by atoms with Crippen LogP contribution in [0.25, 0.3) is 0 Å². The summed E-state index contributed by atoms with van der Waals surface area (Å²) in [5.74, 6) is 1.45. The Balaban J connectivity index is 1.77. The lowest BCUT2D eigenvalue weighted by Gasteiger charge is -2.22. The summed E-state index contributed by atoms with van der Waals surface area (Å²) in [6.07, 6.45) is 0. The lowest BCUT2D eigenvalue weighted by atomic mass is 9.86. The molecule has 0 aliphatic rings. The lowest BCUT2D eigenvalue weighted by molar-refractivity contribution is -0.123. The summed E-state index contributed by atoms with van der Waals surface area (Å²) in [7, 11) is 0. The summed E-state index contributed by atoms with van der Waals surface area (Å²) in [5.41, 5.74) is 3.37. The molecule has 2 aromatic carbocycles. The molecule has 26 heavy (non-hydrogen) atoms. The summed E-state index contributed by atoms with van der Waals surface area (Å²) in [4.78, 5) is 12.0. The fourth-order valence-corrected chi connectivity index (χ4v) is 2.64. The highest BCUT2D eigenvalue weighted by atomic mass is 16.5. The number of amides is 1. The molecule has 0 radical (unpaired) electrons. The van der Waals surface area contributed by atoms with E-state index in [0.29, 0.717) is 13.2 Å². The topological polar surface area (TPSA) is 47.6 Å². The third-order valence-corrected chi connectivity index (χ3v) is 4.29. The van der Waals surface area contributed by atoms with Crippen LogP contribution in [0.2, 0.25) is 0 Å². The van der Waals surface area contributed by atoms with E-state index in [1.807, 2.05) is 43.3 Å². The first kappa shape index (κ1) is 19.8. The van der Waals surface area contributed by atoms with Crippen LogP contribution in [0.5, 0.6) is 11.5 Å². The Bertz CT molecular complexity index is 747. The molecule has 0 bridgehead atoms. The number of nitrogens with one attached hydrogen (secondary N) is 1. The Morgan fingerprint density at radius 1 is 0.962 bits per heavy atom. The molecule has 0 spiro atoms. The molecule has 0 aliphatic carbocycles. The van der Waals surface area contributed by atoms with Crippen molar-refractivity contribution >= 4 is 5.91 Å². The number of aryl methyl sites for hydroxylation is 1. The summed E-state index contributed by atoms with van der Waals surface area (Å²) >= 11 is 0. The SMILES string of the molecule is Cc1cccc(OCCNC(=O)COc2ccccc2C(C)(C)C)c1C. The summed E-state index contributed by atoms with van der Waals surface area (Å²) in [6, 6.07) is 13.8. The van der Waals surface area contributed by atoms with E-state index in [1.165, 1.54) is 5.56 Å². The van der Waals surface area contributed by atoms with Gasteiger partial charge in [-0.25, -0.2) is 0 Å². The molecular formula is C22H29NO3. The molecule has 2 rings (SSSR count). The molecule has 0 fully saturated rings. The average Bonchev–Trinajstić information content (AvgIpc) is 2.60. The highest BCUT2D eigenvalue weighted by Gasteiger charge is 2.18. The Kier molecular flexibility index (Phi) is 6.67. The van der Waals surface area contributed by atoms with E-state index in [9.17, 15) is 4.79 Å². The predicted octanol–water partition coefficient (Wildman–Crippen LogP) is 4.17. The third kappa shape index (κ3) is 5.51. The molecule has 2 aromatic rings. The van der Waals surface area contributed by atoms with Crippen molar-refractivity contribution in [3.05, 3.63) is 59.2 Å². The molecule has 140 valence electrons. The van der Waals surface area contributed by atoms with Gasteiger partial charge in [0.25, 0.3) is 5.91 Å². The van der Waals surface area contributed by atoms with E-state index in [-0.39, 0.29) is 17.9 Å². The van der Waals surface area contributed by atoms with Gasteiger partial charge in [0.2, 0.25) is 0 Å². The van der Waals surface area contributed by atoms with Crippen LogP contribution in [0, 0.1) is 13.8 Å². The first-order chi connectivity index (χ1) is 12.3. The van der Waals surface area contributed by atoms with Gasteiger partial charge in [0.05, 0.1) is 6.54 Å². The zero-order valence-corrected chi connectivity index (χ0v) is 16.4. The maximum atomic E-state index is 12.0. The minimum absolute atomic E-state index is 0.00341. The second-order valence-electron chi connectivity index (χ2n) is 7.43. The van der Waals surface area contributed by atoms with Crippen LogP contribution < -0.4 is 14.8 Å². The average molecular weight is 355 g/mol. The molecule has 0 aliphatic heterocycles. The minimum Gasteiger partial charge on any atom is -0.491 e. The smallest absolute Gasteiger partial charge is 0.258 e. The van der Waals surface area contributed by atoms with Gasteiger partial charge in [-0.2, -0.15) is 0 Å². The van der Waals surface area contributed by atoms with Crippen molar-refractivity contribution in [1.29, 1.82) is 0 Å². The van der Waals surface area contributed by atoms with Crippen molar-refractivity contribution in [3.63, 3.8) is 0 Å². The molecule has 0 aromatic heterocycles.